The molecule has 10 heteroatoms. The number of amides is 1. The van der Waals surface area contributed by atoms with E-state index >= 15 is 0 Å². The standard InChI is InChI=1S/C22H20Cl2F2N2O4/c1-30-17-5-2-13(10-18(17)32-22(25)26)8-9-27-20(29)6-7-21-28-12-19(31-21)15-4-3-14(23)11-16(15)24/h2-5,10-12,22H,6-9H2,1H3,(H,27,29). The molecule has 1 heterocycles. The smallest absolute Gasteiger partial charge is 0.387 e. The second-order valence-electron chi connectivity index (χ2n) is 6.71. The summed E-state index contributed by atoms with van der Waals surface area (Å²) >= 11 is 12.1. The Bertz CT molecular complexity index is 1080. The molecule has 0 radical (unpaired) electrons. The van der Waals surface area contributed by atoms with Crippen molar-refractivity contribution in [3.05, 3.63) is 64.1 Å². The van der Waals surface area contributed by atoms with Crippen LogP contribution in [-0.2, 0) is 17.6 Å². The van der Waals surface area contributed by atoms with Crippen molar-refractivity contribution in [1.29, 1.82) is 0 Å². The van der Waals surface area contributed by atoms with E-state index in [1.54, 1.807) is 36.5 Å². The van der Waals surface area contributed by atoms with Gasteiger partial charge in [-0.1, -0.05) is 29.3 Å². The van der Waals surface area contributed by atoms with Gasteiger partial charge in [-0.15, -0.1) is 0 Å². The van der Waals surface area contributed by atoms with E-state index in [1.807, 2.05) is 0 Å². The molecule has 3 rings (SSSR count). The summed E-state index contributed by atoms with van der Waals surface area (Å²) in [6, 6.07) is 9.77. The summed E-state index contributed by atoms with van der Waals surface area (Å²) in [6.07, 6.45) is 2.47. The van der Waals surface area contributed by atoms with Crippen LogP contribution in [0.15, 0.2) is 47.0 Å². The number of halogens is 4. The number of rotatable bonds is 10. The summed E-state index contributed by atoms with van der Waals surface area (Å²) < 4.78 is 40.2. The van der Waals surface area contributed by atoms with Gasteiger partial charge in [0.25, 0.3) is 0 Å². The monoisotopic (exact) mass is 484 g/mol. The first-order chi connectivity index (χ1) is 15.4. The van der Waals surface area contributed by atoms with Gasteiger partial charge in [-0.05, 0) is 42.3 Å². The molecule has 1 amide bonds. The Balaban J connectivity index is 1.47. The fourth-order valence-corrected chi connectivity index (χ4v) is 3.46. The average molecular weight is 485 g/mol. The van der Waals surface area contributed by atoms with Crippen LogP contribution in [0.4, 0.5) is 8.78 Å². The van der Waals surface area contributed by atoms with Crippen LogP contribution in [-0.4, -0.2) is 31.2 Å². The Morgan fingerprint density at radius 3 is 2.69 bits per heavy atom. The van der Waals surface area contributed by atoms with Crippen molar-refractivity contribution in [1.82, 2.24) is 10.3 Å². The second-order valence-corrected chi connectivity index (χ2v) is 7.55. The van der Waals surface area contributed by atoms with Crippen LogP contribution in [0.3, 0.4) is 0 Å². The zero-order valence-electron chi connectivity index (χ0n) is 17.0. The van der Waals surface area contributed by atoms with Gasteiger partial charge in [0.2, 0.25) is 5.91 Å². The van der Waals surface area contributed by atoms with Crippen LogP contribution in [0.2, 0.25) is 10.0 Å². The van der Waals surface area contributed by atoms with Crippen LogP contribution in [0.5, 0.6) is 11.5 Å². The van der Waals surface area contributed by atoms with Gasteiger partial charge < -0.3 is 19.2 Å². The number of oxazole rings is 1. The van der Waals surface area contributed by atoms with E-state index in [1.165, 1.54) is 13.2 Å². The average Bonchev–Trinajstić information content (AvgIpc) is 3.21. The van der Waals surface area contributed by atoms with Crippen molar-refractivity contribution in [2.75, 3.05) is 13.7 Å². The molecule has 0 saturated carbocycles. The van der Waals surface area contributed by atoms with Crippen molar-refractivity contribution < 1.29 is 27.5 Å². The molecule has 0 aliphatic carbocycles. The summed E-state index contributed by atoms with van der Waals surface area (Å²) in [6.45, 7) is -2.62. The Hall–Kier alpha value is -2.84. The maximum atomic E-state index is 12.5. The van der Waals surface area contributed by atoms with Gasteiger partial charge in [0.05, 0.1) is 18.3 Å². The normalized spacial score (nSPS) is 10.9. The zero-order valence-corrected chi connectivity index (χ0v) is 18.6. The van der Waals surface area contributed by atoms with E-state index in [0.717, 1.165) is 5.56 Å². The number of alkyl halides is 2. The number of hydrogen-bond acceptors (Lipinski definition) is 5. The lowest BCUT2D eigenvalue weighted by Gasteiger charge is -2.11. The highest BCUT2D eigenvalue weighted by atomic mass is 35.5. The van der Waals surface area contributed by atoms with Crippen molar-refractivity contribution >= 4 is 29.1 Å². The van der Waals surface area contributed by atoms with Crippen LogP contribution in [0.1, 0.15) is 17.9 Å². The van der Waals surface area contributed by atoms with E-state index in [-0.39, 0.29) is 23.8 Å². The number of nitrogens with one attached hydrogen (secondary N) is 1. The van der Waals surface area contributed by atoms with Crippen LogP contribution >= 0.6 is 23.2 Å². The van der Waals surface area contributed by atoms with Gasteiger partial charge in [0.1, 0.15) is 0 Å². The maximum absolute atomic E-state index is 12.5. The van der Waals surface area contributed by atoms with Crippen molar-refractivity contribution in [3.63, 3.8) is 0 Å². The third-order valence-electron chi connectivity index (χ3n) is 4.50. The van der Waals surface area contributed by atoms with Gasteiger partial charge >= 0.3 is 6.61 Å². The molecule has 170 valence electrons. The summed E-state index contributed by atoms with van der Waals surface area (Å²) in [7, 11) is 1.37. The number of aromatic nitrogens is 1. The molecular weight excluding hydrogens is 465 g/mol. The molecule has 0 spiro atoms. The minimum absolute atomic E-state index is 0.0492. The first-order valence-electron chi connectivity index (χ1n) is 9.64. The molecular formula is C22H20Cl2F2N2O4. The summed E-state index contributed by atoms with van der Waals surface area (Å²) in [5.74, 6) is 0.871. The molecule has 0 bridgehead atoms. The van der Waals surface area contributed by atoms with Gasteiger partial charge in [-0.2, -0.15) is 8.78 Å². The number of hydrogen-bond donors (Lipinski definition) is 1. The number of methoxy groups -OCH3 is 1. The summed E-state index contributed by atoms with van der Waals surface area (Å²) in [5.41, 5.74) is 1.38. The molecule has 32 heavy (non-hydrogen) atoms. The first-order valence-corrected chi connectivity index (χ1v) is 10.4. The highest BCUT2D eigenvalue weighted by Crippen LogP contribution is 2.31. The lowest BCUT2D eigenvalue weighted by molar-refractivity contribution is -0.121. The van der Waals surface area contributed by atoms with Crippen molar-refractivity contribution in [2.45, 2.75) is 25.9 Å². The van der Waals surface area contributed by atoms with Crippen molar-refractivity contribution in [2.24, 2.45) is 0 Å². The third-order valence-corrected chi connectivity index (χ3v) is 5.04. The molecule has 1 N–H and O–H groups in total. The lowest BCUT2D eigenvalue weighted by Crippen LogP contribution is -2.25. The summed E-state index contributed by atoms with van der Waals surface area (Å²) in [5, 5.41) is 3.74. The molecule has 0 aliphatic rings. The maximum Gasteiger partial charge on any atom is 0.387 e. The largest absolute Gasteiger partial charge is 0.493 e. The molecule has 0 saturated heterocycles. The molecule has 1 aromatic heterocycles. The Kier molecular flexibility index (Phi) is 8.30. The number of nitrogens with zero attached hydrogens (tertiary/aromatic N) is 1. The van der Waals surface area contributed by atoms with Crippen LogP contribution in [0.25, 0.3) is 11.3 Å². The van der Waals surface area contributed by atoms with Gasteiger partial charge in [0, 0.05) is 30.0 Å². The molecule has 0 fully saturated rings. The van der Waals surface area contributed by atoms with Gasteiger partial charge in [0.15, 0.2) is 23.1 Å². The zero-order chi connectivity index (χ0) is 23.1. The number of carbonyl (C=O) groups is 1. The lowest BCUT2D eigenvalue weighted by atomic mass is 10.1. The Morgan fingerprint density at radius 2 is 1.97 bits per heavy atom. The van der Waals surface area contributed by atoms with E-state index < -0.39 is 6.61 Å². The molecule has 6 nitrogen and oxygen atoms in total. The fourth-order valence-electron chi connectivity index (χ4n) is 2.96. The molecule has 0 unspecified atom stereocenters. The molecule has 0 aliphatic heterocycles. The highest BCUT2D eigenvalue weighted by molar-refractivity contribution is 6.36. The van der Waals surface area contributed by atoms with E-state index in [0.29, 0.717) is 46.6 Å². The van der Waals surface area contributed by atoms with E-state index in [4.69, 9.17) is 32.4 Å². The van der Waals surface area contributed by atoms with E-state index in [9.17, 15) is 13.6 Å². The Morgan fingerprint density at radius 1 is 1.16 bits per heavy atom. The Labute approximate surface area is 193 Å². The second kappa shape index (κ2) is 11.2. The van der Waals surface area contributed by atoms with Crippen LogP contribution in [0, 0.1) is 0 Å². The van der Waals surface area contributed by atoms with Crippen molar-refractivity contribution in [3.8, 4) is 22.8 Å². The van der Waals surface area contributed by atoms with Crippen LogP contribution < -0.4 is 14.8 Å². The minimum Gasteiger partial charge on any atom is -0.493 e. The quantitative estimate of drug-likeness (QED) is 0.408. The third kappa shape index (κ3) is 6.58. The number of benzene rings is 2. The molecule has 2 aromatic carbocycles. The SMILES string of the molecule is COc1ccc(CCNC(=O)CCc2ncc(-c3ccc(Cl)cc3Cl)o2)cc1OC(F)F. The van der Waals surface area contributed by atoms with Gasteiger partial charge in [-0.3, -0.25) is 4.79 Å². The fraction of sp³-hybridized carbons (Fsp3) is 0.273. The highest BCUT2D eigenvalue weighted by Gasteiger charge is 2.13. The predicted octanol–water partition coefficient (Wildman–Crippen LogP) is 5.55. The molecule has 0 atom stereocenters. The first kappa shape index (κ1) is 23.8. The van der Waals surface area contributed by atoms with Gasteiger partial charge in [-0.25, -0.2) is 4.98 Å². The minimum atomic E-state index is -2.95. The number of ether oxygens (including phenoxy) is 2. The molecule has 3 aromatic rings. The number of carbonyl (C=O) groups excluding carboxylic acids is 1. The predicted molar refractivity (Wildman–Crippen MR) is 117 cm³/mol. The topological polar surface area (TPSA) is 73.6 Å². The number of aryl methyl sites for hydroxylation is 1. The summed E-state index contributed by atoms with van der Waals surface area (Å²) in [4.78, 5) is 16.3. The van der Waals surface area contributed by atoms with E-state index in [2.05, 4.69) is 15.0 Å².